The van der Waals surface area contributed by atoms with Gasteiger partial charge in [0.15, 0.2) is 5.06 Å². The molecule has 0 fully saturated rings. The van der Waals surface area contributed by atoms with Crippen LogP contribution in [0.3, 0.4) is 0 Å². The number of nitriles is 1. The van der Waals surface area contributed by atoms with E-state index in [4.69, 9.17) is 9.84 Å². The number of thiophene rings is 1. The summed E-state index contributed by atoms with van der Waals surface area (Å²) in [6, 6.07) is 28.4. The van der Waals surface area contributed by atoms with Gasteiger partial charge in [-0.05, 0) is 72.9 Å². The summed E-state index contributed by atoms with van der Waals surface area (Å²) in [5.41, 5.74) is 5.38. The Bertz CT molecular complexity index is 1830. The largest absolute Gasteiger partial charge is 0.484 e. The number of hydrogen-bond donors (Lipinski definition) is 2. The second-order valence-corrected chi connectivity index (χ2v) is 11.3. The third-order valence-electron chi connectivity index (χ3n) is 7.36. The zero-order valence-electron chi connectivity index (χ0n) is 24.0. The van der Waals surface area contributed by atoms with Crippen LogP contribution in [0, 0.1) is 11.3 Å². The molecule has 0 saturated heterocycles. The van der Waals surface area contributed by atoms with Crippen molar-refractivity contribution in [3.8, 4) is 22.3 Å². The average molecular weight is 592 g/mol. The van der Waals surface area contributed by atoms with Crippen molar-refractivity contribution in [3.63, 3.8) is 0 Å². The average Bonchev–Trinajstić information content (AvgIpc) is 3.60. The van der Waals surface area contributed by atoms with E-state index in [1.54, 1.807) is 18.2 Å². The van der Waals surface area contributed by atoms with Gasteiger partial charge < -0.3 is 19.7 Å². The highest BCUT2D eigenvalue weighted by Crippen LogP contribution is 2.33. The zero-order chi connectivity index (χ0) is 30.2. The van der Waals surface area contributed by atoms with E-state index in [1.807, 2.05) is 30.3 Å². The molecular formula is C35H33N3O4S. The molecule has 2 aromatic heterocycles. The van der Waals surface area contributed by atoms with Crippen molar-refractivity contribution in [1.29, 1.82) is 5.26 Å². The van der Waals surface area contributed by atoms with Crippen LogP contribution in [0.15, 0.2) is 84.4 Å². The van der Waals surface area contributed by atoms with Crippen molar-refractivity contribution in [1.82, 2.24) is 4.57 Å². The number of amides is 1. The zero-order valence-corrected chi connectivity index (χ0v) is 24.8. The Hall–Kier alpha value is -4.87. The Balaban J connectivity index is 1.20. The first-order valence-corrected chi connectivity index (χ1v) is 15.3. The monoisotopic (exact) mass is 591 g/mol. The molecule has 1 amide bonds. The molecule has 2 N–H and O–H groups in total. The van der Waals surface area contributed by atoms with Gasteiger partial charge in [0.2, 0.25) is 0 Å². The molecular weight excluding hydrogens is 558 g/mol. The van der Waals surface area contributed by atoms with Crippen LogP contribution in [0.2, 0.25) is 0 Å². The second kappa shape index (κ2) is 13.9. The van der Waals surface area contributed by atoms with E-state index < -0.39 is 11.9 Å². The summed E-state index contributed by atoms with van der Waals surface area (Å²) >= 11 is 1.30. The third-order valence-corrected chi connectivity index (χ3v) is 8.27. The number of para-hydroxylation sites is 1. The number of fused-ring (bicyclic) bond motifs is 3. The highest BCUT2D eigenvalue weighted by atomic mass is 32.1. The minimum Gasteiger partial charge on any atom is -0.484 e. The standard InChI is InChI=1S/C35H33N3O4S/c1-2-38-30-10-7-6-9-28(30)29-22-26(16-17-31(29)38)25-14-12-24(13-15-25)21-27(23-36)35(41)37-32-18-19-34(43-32)42-20-8-4-3-5-11-33(39)40/h6-7,9-10,12-19,21-22H,2-5,8,11,20H2,1H3,(H,37,41)(H,39,40)/b27-21+. The number of anilines is 1. The number of aromatic nitrogens is 1. The number of benzene rings is 3. The first kappa shape index (κ1) is 29.6. The van der Waals surface area contributed by atoms with Gasteiger partial charge in [0.1, 0.15) is 11.6 Å². The molecule has 7 nitrogen and oxygen atoms in total. The summed E-state index contributed by atoms with van der Waals surface area (Å²) in [7, 11) is 0. The fourth-order valence-corrected chi connectivity index (χ4v) is 5.98. The summed E-state index contributed by atoms with van der Waals surface area (Å²) in [4.78, 5) is 23.4. The molecule has 43 heavy (non-hydrogen) atoms. The van der Waals surface area contributed by atoms with Gasteiger partial charge >= 0.3 is 5.97 Å². The molecule has 5 aromatic rings. The lowest BCUT2D eigenvalue weighted by atomic mass is 10.0. The molecule has 0 saturated carbocycles. The molecule has 218 valence electrons. The molecule has 0 bridgehead atoms. The number of hydrogen-bond acceptors (Lipinski definition) is 5. The molecule has 2 heterocycles. The third kappa shape index (κ3) is 7.14. The predicted molar refractivity (Wildman–Crippen MR) is 173 cm³/mol. The fourth-order valence-electron chi connectivity index (χ4n) is 5.21. The van der Waals surface area contributed by atoms with Crippen molar-refractivity contribution < 1.29 is 19.4 Å². The molecule has 0 spiro atoms. The molecule has 0 unspecified atom stereocenters. The Kier molecular flexibility index (Phi) is 9.55. The lowest BCUT2D eigenvalue weighted by Gasteiger charge is -2.06. The van der Waals surface area contributed by atoms with Gasteiger partial charge in [-0.2, -0.15) is 5.26 Å². The van der Waals surface area contributed by atoms with Crippen LogP contribution < -0.4 is 10.1 Å². The lowest BCUT2D eigenvalue weighted by Crippen LogP contribution is -2.12. The molecule has 5 rings (SSSR count). The van der Waals surface area contributed by atoms with Crippen molar-refractivity contribution in [2.24, 2.45) is 0 Å². The second-order valence-electron chi connectivity index (χ2n) is 10.3. The minimum absolute atomic E-state index is 0.0128. The van der Waals surface area contributed by atoms with Crippen LogP contribution in [0.4, 0.5) is 5.00 Å². The van der Waals surface area contributed by atoms with E-state index >= 15 is 0 Å². The van der Waals surface area contributed by atoms with Gasteiger partial charge in [-0.15, -0.1) is 0 Å². The molecule has 0 aliphatic carbocycles. The van der Waals surface area contributed by atoms with Gasteiger partial charge in [0, 0.05) is 34.8 Å². The predicted octanol–water partition coefficient (Wildman–Crippen LogP) is 8.50. The van der Waals surface area contributed by atoms with Crippen LogP contribution in [-0.2, 0) is 16.1 Å². The summed E-state index contributed by atoms with van der Waals surface area (Å²) in [5.74, 6) is -1.24. The summed E-state index contributed by atoms with van der Waals surface area (Å²) in [6.07, 6.45) is 5.05. The number of aryl methyl sites for hydroxylation is 1. The van der Waals surface area contributed by atoms with Gasteiger partial charge in [0.05, 0.1) is 11.6 Å². The number of unbranched alkanes of at least 4 members (excludes halogenated alkanes) is 3. The first-order valence-electron chi connectivity index (χ1n) is 14.5. The van der Waals surface area contributed by atoms with Crippen molar-refractivity contribution in [3.05, 3.63) is 90.0 Å². The van der Waals surface area contributed by atoms with E-state index in [-0.39, 0.29) is 12.0 Å². The smallest absolute Gasteiger partial charge is 0.303 e. The van der Waals surface area contributed by atoms with Crippen molar-refractivity contribution in [2.45, 2.75) is 45.6 Å². The Morgan fingerprint density at radius 3 is 2.44 bits per heavy atom. The maximum atomic E-state index is 12.8. The van der Waals surface area contributed by atoms with Crippen LogP contribution >= 0.6 is 11.3 Å². The Labute approximate surface area is 254 Å². The highest BCUT2D eigenvalue weighted by molar-refractivity contribution is 7.18. The topological polar surface area (TPSA) is 104 Å². The van der Waals surface area contributed by atoms with Crippen LogP contribution in [-0.4, -0.2) is 28.2 Å². The van der Waals surface area contributed by atoms with Crippen LogP contribution in [0.5, 0.6) is 5.06 Å². The van der Waals surface area contributed by atoms with Gasteiger partial charge in [-0.1, -0.05) is 72.7 Å². The number of carboxylic acid groups (broad SMARTS) is 1. The Morgan fingerprint density at radius 2 is 1.67 bits per heavy atom. The molecule has 8 heteroatoms. The summed E-state index contributed by atoms with van der Waals surface area (Å²) in [5, 5.41) is 24.9. The maximum Gasteiger partial charge on any atom is 0.303 e. The SMILES string of the molecule is CCn1c2ccccc2c2cc(-c3ccc(/C=C(\C#N)C(=O)Nc4ccc(OCCCCCCC(=O)O)s4)cc3)ccc21. The number of rotatable bonds is 13. The highest BCUT2D eigenvalue weighted by Gasteiger charge is 2.13. The fraction of sp³-hybridized carbons (Fsp3) is 0.229. The minimum atomic E-state index is -0.766. The number of nitrogens with one attached hydrogen (secondary N) is 1. The number of aliphatic carboxylic acids is 1. The maximum absolute atomic E-state index is 12.8. The lowest BCUT2D eigenvalue weighted by molar-refractivity contribution is -0.137. The van der Waals surface area contributed by atoms with Crippen LogP contribution in [0.1, 0.15) is 44.6 Å². The normalized spacial score (nSPS) is 11.5. The number of nitrogens with zero attached hydrogens (tertiary/aromatic N) is 2. The number of carboxylic acids is 1. The van der Waals surface area contributed by atoms with Crippen molar-refractivity contribution in [2.75, 3.05) is 11.9 Å². The number of ether oxygens (including phenoxy) is 1. The summed E-state index contributed by atoms with van der Waals surface area (Å²) in [6.45, 7) is 3.59. The molecule has 0 radical (unpaired) electrons. The summed E-state index contributed by atoms with van der Waals surface area (Å²) < 4.78 is 8.08. The number of carbonyl (C=O) groups excluding carboxylic acids is 1. The van der Waals surface area contributed by atoms with E-state index in [9.17, 15) is 14.9 Å². The first-order chi connectivity index (χ1) is 21.0. The van der Waals surface area contributed by atoms with E-state index in [2.05, 4.69) is 59.3 Å². The van der Waals surface area contributed by atoms with E-state index in [1.165, 1.54) is 33.1 Å². The molecule has 0 aliphatic heterocycles. The van der Waals surface area contributed by atoms with Gasteiger partial charge in [-0.3, -0.25) is 9.59 Å². The van der Waals surface area contributed by atoms with E-state index in [0.717, 1.165) is 42.5 Å². The van der Waals surface area contributed by atoms with Gasteiger partial charge in [0.25, 0.3) is 5.91 Å². The number of carbonyl (C=O) groups is 2. The van der Waals surface area contributed by atoms with Gasteiger partial charge in [-0.25, -0.2) is 0 Å². The molecule has 0 atom stereocenters. The van der Waals surface area contributed by atoms with E-state index in [0.29, 0.717) is 23.1 Å². The molecule has 0 aliphatic rings. The Morgan fingerprint density at radius 1 is 0.930 bits per heavy atom. The molecule has 3 aromatic carbocycles. The van der Waals surface area contributed by atoms with Crippen LogP contribution in [0.25, 0.3) is 39.0 Å². The van der Waals surface area contributed by atoms with Crippen molar-refractivity contribution >= 4 is 56.1 Å². The quantitative estimate of drug-likeness (QED) is 0.0811.